The molecule has 0 fully saturated rings. The highest BCUT2D eigenvalue weighted by Gasteiger charge is 2.19. The lowest BCUT2D eigenvalue weighted by Gasteiger charge is -2.20. The molecule has 1 N–H and O–H groups in total. The lowest BCUT2D eigenvalue weighted by Crippen LogP contribution is -2.37. The molecule has 1 heterocycles. The van der Waals surface area contributed by atoms with Gasteiger partial charge in [0.25, 0.3) is 5.91 Å². The average Bonchev–Trinajstić information content (AvgIpc) is 2.99. The van der Waals surface area contributed by atoms with Gasteiger partial charge < -0.3 is 15.0 Å². The monoisotopic (exact) mass is 396 g/mol. The van der Waals surface area contributed by atoms with Crippen molar-refractivity contribution in [2.45, 2.75) is 6.92 Å². The Bertz CT molecular complexity index is 702. The van der Waals surface area contributed by atoms with Crippen LogP contribution in [0.2, 0.25) is 0 Å². The van der Waals surface area contributed by atoms with Crippen LogP contribution in [0.15, 0.2) is 39.5 Å². The van der Waals surface area contributed by atoms with E-state index in [2.05, 4.69) is 21.2 Å². The number of halogens is 1. The highest BCUT2D eigenvalue weighted by atomic mass is 79.9. The van der Waals surface area contributed by atoms with Gasteiger partial charge in [0.15, 0.2) is 0 Å². The number of amides is 2. The number of likely N-dealkylation sites (N-methyl/N-ethyl adjacent to an activating group) is 1. The SMILES string of the molecule is CCN(CC(=O)Nc1ccccc1OC)C(=O)c1csc(Br)c1. The summed E-state index contributed by atoms with van der Waals surface area (Å²) in [5, 5.41) is 4.54. The van der Waals surface area contributed by atoms with Crippen molar-refractivity contribution in [2.24, 2.45) is 0 Å². The zero-order chi connectivity index (χ0) is 16.8. The van der Waals surface area contributed by atoms with Gasteiger partial charge in [0.05, 0.1) is 22.1 Å². The number of anilines is 1. The smallest absolute Gasteiger partial charge is 0.255 e. The normalized spacial score (nSPS) is 10.2. The molecular weight excluding hydrogens is 380 g/mol. The van der Waals surface area contributed by atoms with Crippen molar-refractivity contribution in [1.29, 1.82) is 0 Å². The Kier molecular flexibility index (Phi) is 6.18. The van der Waals surface area contributed by atoms with E-state index in [-0.39, 0.29) is 18.4 Å². The molecule has 122 valence electrons. The third-order valence-electron chi connectivity index (χ3n) is 3.20. The minimum Gasteiger partial charge on any atom is -0.495 e. The zero-order valence-electron chi connectivity index (χ0n) is 12.8. The molecule has 5 nitrogen and oxygen atoms in total. The predicted molar refractivity (Wildman–Crippen MR) is 95.2 cm³/mol. The second-order valence-corrected chi connectivity index (χ2v) is 7.00. The molecule has 0 aliphatic rings. The number of carbonyl (C=O) groups excluding carboxylic acids is 2. The van der Waals surface area contributed by atoms with Crippen LogP contribution < -0.4 is 10.1 Å². The molecule has 0 bridgehead atoms. The molecule has 0 atom stereocenters. The van der Waals surface area contributed by atoms with Gasteiger partial charge in [-0.15, -0.1) is 11.3 Å². The van der Waals surface area contributed by atoms with Gasteiger partial charge in [-0.3, -0.25) is 9.59 Å². The van der Waals surface area contributed by atoms with Crippen LogP contribution in [0, 0.1) is 0 Å². The second-order valence-electron chi connectivity index (χ2n) is 4.71. The minimum absolute atomic E-state index is 0.0130. The van der Waals surface area contributed by atoms with Gasteiger partial charge in [-0.2, -0.15) is 0 Å². The number of para-hydroxylation sites is 2. The van der Waals surface area contributed by atoms with Crippen LogP contribution in [0.3, 0.4) is 0 Å². The molecule has 0 radical (unpaired) electrons. The fraction of sp³-hybridized carbons (Fsp3) is 0.250. The number of benzene rings is 1. The molecule has 0 aliphatic carbocycles. The average molecular weight is 397 g/mol. The summed E-state index contributed by atoms with van der Waals surface area (Å²) in [6.45, 7) is 2.28. The third-order valence-corrected chi connectivity index (χ3v) is 4.70. The first kappa shape index (κ1) is 17.5. The largest absolute Gasteiger partial charge is 0.495 e. The van der Waals surface area contributed by atoms with Crippen LogP contribution in [0.4, 0.5) is 5.69 Å². The standard InChI is InChI=1S/C16H17BrN2O3S/c1-3-19(16(21)11-8-14(17)23-10-11)9-15(20)18-12-6-4-5-7-13(12)22-2/h4-8,10H,3,9H2,1-2H3,(H,18,20). The predicted octanol–water partition coefficient (Wildman–Crippen LogP) is 3.62. The molecule has 0 saturated carbocycles. The molecule has 1 aromatic heterocycles. The number of hydrogen-bond donors (Lipinski definition) is 1. The van der Waals surface area contributed by atoms with Crippen molar-refractivity contribution >= 4 is 44.8 Å². The Morgan fingerprint density at radius 3 is 2.70 bits per heavy atom. The van der Waals surface area contributed by atoms with Crippen molar-refractivity contribution in [2.75, 3.05) is 25.5 Å². The van der Waals surface area contributed by atoms with E-state index in [9.17, 15) is 9.59 Å². The Balaban J connectivity index is 2.03. The number of nitrogens with zero attached hydrogens (tertiary/aromatic N) is 1. The van der Waals surface area contributed by atoms with E-state index in [1.165, 1.54) is 16.2 Å². The van der Waals surface area contributed by atoms with Crippen molar-refractivity contribution in [3.63, 3.8) is 0 Å². The highest BCUT2D eigenvalue weighted by Crippen LogP contribution is 2.23. The molecule has 0 aliphatic heterocycles. The molecule has 23 heavy (non-hydrogen) atoms. The van der Waals surface area contributed by atoms with Gasteiger partial charge in [0.1, 0.15) is 12.3 Å². The van der Waals surface area contributed by atoms with Gasteiger partial charge >= 0.3 is 0 Å². The first-order chi connectivity index (χ1) is 11.0. The van der Waals surface area contributed by atoms with E-state index in [1.54, 1.807) is 30.7 Å². The number of methoxy groups -OCH3 is 1. The van der Waals surface area contributed by atoms with E-state index < -0.39 is 0 Å². The molecule has 7 heteroatoms. The van der Waals surface area contributed by atoms with Gasteiger partial charge in [-0.25, -0.2) is 0 Å². The number of nitrogens with one attached hydrogen (secondary N) is 1. The summed E-state index contributed by atoms with van der Waals surface area (Å²) in [6.07, 6.45) is 0. The van der Waals surface area contributed by atoms with E-state index >= 15 is 0 Å². The Labute approximate surface area is 147 Å². The van der Waals surface area contributed by atoms with Crippen LogP contribution in [0.5, 0.6) is 5.75 Å². The molecule has 0 unspecified atom stereocenters. The summed E-state index contributed by atoms with van der Waals surface area (Å²) < 4.78 is 6.08. The number of ether oxygens (including phenoxy) is 1. The zero-order valence-corrected chi connectivity index (χ0v) is 15.2. The van der Waals surface area contributed by atoms with Crippen molar-refractivity contribution in [1.82, 2.24) is 4.90 Å². The van der Waals surface area contributed by atoms with E-state index in [1.807, 2.05) is 19.1 Å². The Morgan fingerprint density at radius 1 is 1.35 bits per heavy atom. The molecule has 0 saturated heterocycles. The number of rotatable bonds is 6. The number of thiophene rings is 1. The summed E-state index contributed by atoms with van der Waals surface area (Å²) in [5.41, 5.74) is 1.16. The summed E-state index contributed by atoms with van der Waals surface area (Å²) in [6, 6.07) is 8.91. The number of carbonyl (C=O) groups is 2. The van der Waals surface area contributed by atoms with Gasteiger partial charge in [-0.05, 0) is 41.1 Å². The van der Waals surface area contributed by atoms with E-state index in [0.717, 1.165) is 3.79 Å². The van der Waals surface area contributed by atoms with Gasteiger partial charge in [0.2, 0.25) is 5.91 Å². The van der Waals surface area contributed by atoms with E-state index in [0.29, 0.717) is 23.5 Å². The quantitative estimate of drug-likeness (QED) is 0.810. The lowest BCUT2D eigenvalue weighted by molar-refractivity contribution is -0.116. The van der Waals surface area contributed by atoms with Crippen molar-refractivity contribution in [3.8, 4) is 5.75 Å². The van der Waals surface area contributed by atoms with E-state index in [4.69, 9.17) is 4.74 Å². The minimum atomic E-state index is -0.265. The molecule has 2 aromatic rings. The van der Waals surface area contributed by atoms with Crippen LogP contribution in [0.25, 0.3) is 0 Å². The first-order valence-electron chi connectivity index (χ1n) is 7.01. The van der Waals surface area contributed by atoms with Crippen LogP contribution >= 0.6 is 27.3 Å². The molecule has 2 amide bonds. The topological polar surface area (TPSA) is 58.6 Å². The molecule has 1 aromatic carbocycles. The summed E-state index contributed by atoms with van der Waals surface area (Å²) in [4.78, 5) is 26.1. The summed E-state index contributed by atoms with van der Waals surface area (Å²) in [5.74, 6) is 0.153. The van der Waals surface area contributed by atoms with Crippen molar-refractivity contribution < 1.29 is 14.3 Å². The summed E-state index contributed by atoms with van der Waals surface area (Å²) >= 11 is 4.78. The van der Waals surface area contributed by atoms with Gasteiger partial charge in [-0.1, -0.05) is 12.1 Å². The van der Waals surface area contributed by atoms with Crippen LogP contribution in [-0.2, 0) is 4.79 Å². The fourth-order valence-electron chi connectivity index (χ4n) is 2.04. The van der Waals surface area contributed by atoms with Gasteiger partial charge in [0, 0.05) is 11.9 Å². The maximum atomic E-state index is 12.4. The molecule has 0 spiro atoms. The third kappa shape index (κ3) is 4.56. The summed E-state index contributed by atoms with van der Waals surface area (Å²) in [7, 11) is 1.54. The second kappa shape index (κ2) is 8.12. The lowest BCUT2D eigenvalue weighted by atomic mass is 10.2. The molecular formula is C16H17BrN2O3S. The van der Waals surface area contributed by atoms with Crippen LogP contribution in [-0.4, -0.2) is 36.9 Å². The first-order valence-corrected chi connectivity index (χ1v) is 8.68. The fourth-order valence-corrected chi connectivity index (χ4v) is 3.17. The van der Waals surface area contributed by atoms with Crippen molar-refractivity contribution in [3.05, 3.63) is 45.1 Å². The van der Waals surface area contributed by atoms with Crippen LogP contribution in [0.1, 0.15) is 17.3 Å². The Morgan fingerprint density at radius 2 is 2.09 bits per heavy atom. The Hall–Kier alpha value is -1.86. The maximum Gasteiger partial charge on any atom is 0.255 e. The molecule has 2 rings (SSSR count). The maximum absolute atomic E-state index is 12.4. The number of hydrogen-bond acceptors (Lipinski definition) is 4. The highest BCUT2D eigenvalue weighted by molar-refractivity contribution is 9.11.